The Bertz CT molecular complexity index is 848. The molecule has 9 heteroatoms. The van der Waals surface area contributed by atoms with E-state index in [1.54, 1.807) is 0 Å². The molecule has 0 bridgehead atoms. The Labute approximate surface area is 281 Å². The van der Waals surface area contributed by atoms with Crippen LogP contribution in [0, 0.1) is 0 Å². The SMILES string of the molecule is CC/C=C/C/C=C/C/C=C/CCCCCCCC(=O)O[C@H](COC(=O)CCCCCCCCCCCCCCC)COP(=O)(O)O. The van der Waals surface area contributed by atoms with Gasteiger partial charge >= 0.3 is 19.8 Å². The quantitative estimate of drug-likeness (QED) is 0.0306. The summed E-state index contributed by atoms with van der Waals surface area (Å²) in [5.41, 5.74) is 0. The van der Waals surface area contributed by atoms with Crippen LogP contribution in [0.3, 0.4) is 0 Å². The second kappa shape index (κ2) is 33.2. The second-order valence-corrected chi connectivity index (χ2v) is 13.4. The molecule has 0 aromatic carbocycles. The molecule has 268 valence electrons. The second-order valence-electron chi connectivity index (χ2n) is 12.2. The molecule has 0 saturated heterocycles. The molecule has 0 unspecified atom stereocenters. The first-order valence-corrected chi connectivity index (χ1v) is 19.8. The summed E-state index contributed by atoms with van der Waals surface area (Å²) in [6.07, 6.45) is 37.2. The monoisotopic (exact) mass is 670 g/mol. The fourth-order valence-corrected chi connectivity index (χ4v) is 5.34. The molecule has 0 amide bonds. The van der Waals surface area contributed by atoms with Crippen molar-refractivity contribution >= 4 is 19.8 Å². The van der Waals surface area contributed by atoms with Crippen LogP contribution in [-0.4, -0.2) is 41.0 Å². The van der Waals surface area contributed by atoms with E-state index in [0.29, 0.717) is 6.42 Å². The molecule has 46 heavy (non-hydrogen) atoms. The lowest BCUT2D eigenvalue weighted by molar-refractivity contribution is -0.161. The first-order chi connectivity index (χ1) is 22.3. The standard InChI is InChI=1S/C37H67O8P/c1-3-5-7-9-11-13-15-17-18-20-22-24-26-28-30-32-37(39)45-35(34-44-46(40,41)42)33-43-36(38)31-29-27-25-23-21-19-16-14-12-10-8-6-4-2/h5,7,11,13,17-18,35H,3-4,6,8-10,12,14-16,19-34H2,1-2H3,(H2,40,41,42)/b7-5+,13-11+,18-17+/t35-/m1/s1. The lowest BCUT2D eigenvalue weighted by Gasteiger charge is -2.18. The van der Waals surface area contributed by atoms with Crippen molar-refractivity contribution in [2.75, 3.05) is 13.2 Å². The predicted octanol–water partition coefficient (Wildman–Crippen LogP) is 10.6. The summed E-state index contributed by atoms with van der Waals surface area (Å²) in [5.74, 6) is -0.903. The van der Waals surface area contributed by atoms with Crippen LogP contribution < -0.4 is 0 Å². The van der Waals surface area contributed by atoms with E-state index in [9.17, 15) is 14.2 Å². The van der Waals surface area contributed by atoms with Crippen molar-refractivity contribution in [2.45, 2.75) is 174 Å². The van der Waals surface area contributed by atoms with Gasteiger partial charge in [0.2, 0.25) is 0 Å². The van der Waals surface area contributed by atoms with E-state index < -0.39 is 32.5 Å². The summed E-state index contributed by atoms with van der Waals surface area (Å²) < 4.78 is 26.3. The number of unbranched alkanes of at least 4 members (excludes halogenated alkanes) is 17. The molecule has 0 aromatic rings. The van der Waals surface area contributed by atoms with Crippen LogP contribution in [0.1, 0.15) is 168 Å². The maximum Gasteiger partial charge on any atom is 0.469 e. The molecule has 8 nitrogen and oxygen atoms in total. The molecule has 0 aliphatic rings. The lowest BCUT2D eigenvalue weighted by atomic mass is 10.0. The van der Waals surface area contributed by atoms with Gasteiger partial charge in [0.25, 0.3) is 0 Å². The summed E-state index contributed by atoms with van der Waals surface area (Å²) in [6, 6.07) is 0. The zero-order valence-corrected chi connectivity index (χ0v) is 30.1. The van der Waals surface area contributed by atoms with Gasteiger partial charge in [-0.3, -0.25) is 14.1 Å². The summed E-state index contributed by atoms with van der Waals surface area (Å²) in [6.45, 7) is 3.54. The number of phosphoric acid groups is 1. The van der Waals surface area contributed by atoms with Gasteiger partial charge in [-0.25, -0.2) is 4.57 Å². The van der Waals surface area contributed by atoms with Gasteiger partial charge in [0.15, 0.2) is 6.10 Å². The maximum absolute atomic E-state index is 12.3. The number of allylic oxidation sites excluding steroid dienone is 6. The third-order valence-corrected chi connectivity index (χ3v) is 8.16. The molecule has 0 aromatic heterocycles. The van der Waals surface area contributed by atoms with E-state index in [1.165, 1.54) is 64.2 Å². The average Bonchev–Trinajstić information content (AvgIpc) is 3.02. The van der Waals surface area contributed by atoms with Crippen molar-refractivity contribution in [1.82, 2.24) is 0 Å². The highest BCUT2D eigenvalue weighted by Gasteiger charge is 2.22. The number of ether oxygens (including phenoxy) is 2. The molecule has 0 saturated carbocycles. The lowest BCUT2D eigenvalue weighted by Crippen LogP contribution is -2.29. The minimum absolute atomic E-state index is 0.193. The van der Waals surface area contributed by atoms with Crippen LogP contribution in [-0.2, 0) is 28.2 Å². The Morgan fingerprint density at radius 1 is 0.587 bits per heavy atom. The van der Waals surface area contributed by atoms with E-state index in [1.807, 2.05) is 0 Å². The molecule has 0 spiro atoms. The van der Waals surface area contributed by atoms with Gasteiger partial charge in [-0.15, -0.1) is 0 Å². The van der Waals surface area contributed by atoms with E-state index >= 15 is 0 Å². The number of esters is 2. The van der Waals surface area contributed by atoms with Gasteiger partial charge < -0.3 is 19.3 Å². The Hall–Kier alpha value is -1.73. The first kappa shape index (κ1) is 44.3. The highest BCUT2D eigenvalue weighted by Crippen LogP contribution is 2.36. The zero-order chi connectivity index (χ0) is 34.0. The molecule has 0 heterocycles. The number of hydrogen-bond donors (Lipinski definition) is 2. The molecule has 0 fully saturated rings. The summed E-state index contributed by atoms with van der Waals surface area (Å²) >= 11 is 0. The van der Waals surface area contributed by atoms with Gasteiger partial charge in [-0.1, -0.05) is 147 Å². The topological polar surface area (TPSA) is 119 Å². The number of rotatable bonds is 33. The van der Waals surface area contributed by atoms with Gasteiger partial charge in [0.1, 0.15) is 6.61 Å². The Balaban J connectivity index is 4.00. The van der Waals surface area contributed by atoms with Crippen LogP contribution in [0.5, 0.6) is 0 Å². The van der Waals surface area contributed by atoms with Gasteiger partial charge in [-0.2, -0.15) is 0 Å². The highest BCUT2D eigenvalue weighted by atomic mass is 31.2. The fourth-order valence-electron chi connectivity index (χ4n) is 4.97. The molecular formula is C37H67O8P. The van der Waals surface area contributed by atoms with Crippen molar-refractivity contribution in [1.29, 1.82) is 0 Å². The van der Waals surface area contributed by atoms with Crippen LogP contribution >= 0.6 is 7.82 Å². The minimum Gasteiger partial charge on any atom is -0.462 e. The normalized spacial score (nSPS) is 12.9. The van der Waals surface area contributed by atoms with Gasteiger partial charge in [0, 0.05) is 12.8 Å². The first-order valence-electron chi connectivity index (χ1n) is 18.3. The van der Waals surface area contributed by atoms with E-state index in [-0.39, 0.29) is 19.4 Å². The van der Waals surface area contributed by atoms with Crippen LogP contribution in [0.15, 0.2) is 36.5 Å². The number of phosphoric ester groups is 1. The van der Waals surface area contributed by atoms with Gasteiger partial charge in [-0.05, 0) is 44.9 Å². The minimum atomic E-state index is -4.75. The molecule has 0 aliphatic carbocycles. The van der Waals surface area contributed by atoms with E-state index in [2.05, 4.69) is 54.8 Å². The number of hydrogen-bond acceptors (Lipinski definition) is 6. The van der Waals surface area contributed by atoms with Crippen molar-refractivity contribution in [3.8, 4) is 0 Å². The Morgan fingerprint density at radius 3 is 1.57 bits per heavy atom. The third kappa shape index (κ3) is 35.1. The van der Waals surface area contributed by atoms with Crippen molar-refractivity contribution < 1.29 is 37.9 Å². The zero-order valence-electron chi connectivity index (χ0n) is 29.2. The Morgan fingerprint density at radius 2 is 1.04 bits per heavy atom. The van der Waals surface area contributed by atoms with Crippen molar-refractivity contribution in [3.05, 3.63) is 36.5 Å². The predicted molar refractivity (Wildman–Crippen MR) is 188 cm³/mol. The number of carbonyl (C=O) groups is 2. The average molecular weight is 671 g/mol. The molecular weight excluding hydrogens is 603 g/mol. The molecule has 0 aliphatic heterocycles. The fraction of sp³-hybridized carbons (Fsp3) is 0.784. The van der Waals surface area contributed by atoms with Crippen molar-refractivity contribution in [2.24, 2.45) is 0 Å². The largest absolute Gasteiger partial charge is 0.469 e. The maximum atomic E-state index is 12.3. The van der Waals surface area contributed by atoms with E-state index in [4.69, 9.17) is 19.3 Å². The molecule has 2 N–H and O–H groups in total. The van der Waals surface area contributed by atoms with Crippen LogP contribution in [0.4, 0.5) is 0 Å². The summed E-state index contributed by atoms with van der Waals surface area (Å²) in [4.78, 5) is 42.6. The summed E-state index contributed by atoms with van der Waals surface area (Å²) in [7, 11) is -4.75. The number of carbonyl (C=O) groups excluding carboxylic acids is 2. The highest BCUT2D eigenvalue weighted by molar-refractivity contribution is 7.46. The van der Waals surface area contributed by atoms with Crippen LogP contribution in [0.2, 0.25) is 0 Å². The summed E-state index contributed by atoms with van der Waals surface area (Å²) in [5, 5.41) is 0. The Kier molecular flexibility index (Phi) is 31.9. The molecule has 0 rings (SSSR count). The molecule has 1 atom stereocenters. The molecule has 0 radical (unpaired) electrons. The van der Waals surface area contributed by atoms with Crippen LogP contribution in [0.25, 0.3) is 0 Å². The van der Waals surface area contributed by atoms with Crippen molar-refractivity contribution in [3.63, 3.8) is 0 Å². The van der Waals surface area contributed by atoms with E-state index in [0.717, 1.165) is 70.6 Å². The van der Waals surface area contributed by atoms with Gasteiger partial charge in [0.05, 0.1) is 6.61 Å². The smallest absolute Gasteiger partial charge is 0.462 e. The third-order valence-electron chi connectivity index (χ3n) is 7.67.